The van der Waals surface area contributed by atoms with Crippen molar-refractivity contribution in [3.63, 3.8) is 0 Å². The number of phenolic OH excluding ortho intramolecular Hbond substituents is 1. The van der Waals surface area contributed by atoms with Gasteiger partial charge in [0.15, 0.2) is 0 Å². The van der Waals surface area contributed by atoms with Crippen molar-refractivity contribution < 1.29 is 18.1 Å². The van der Waals surface area contributed by atoms with E-state index >= 15 is 0 Å². The summed E-state index contributed by atoms with van der Waals surface area (Å²) in [5, 5.41) is 19.4. The molecule has 0 saturated heterocycles. The Labute approximate surface area is 167 Å². The second kappa shape index (κ2) is 7.46. The summed E-state index contributed by atoms with van der Waals surface area (Å²) in [6.45, 7) is 0. The van der Waals surface area contributed by atoms with Gasteiger partial charge < -0.3 is 5.11 Å². The Hall–Kier alpha value is -3.55. The smallest absolute Gasteiger partial charge is 0.295 e. The number of hydrogen-bond acceptors (Lipinski definition) is 5. The molecule has 0 aromatic heterocycles. The highest BCUT2D eigenvalue weighted by molar-refractivity contribution is 7.86. The molecular weight excluding hydrogens is 388 g/mol. The van der Waals surface area contributed by atoms with Crippen molar-refractivity contribution in [1.82, 2.24) is 0 Å². The van der Waals surface area contributed by atoms with E-state index in [0.29, 0.717) is 22.1 Å². The van der Waals surface area contributed by atoms with Gasteiger partial charge in [0.05, 0.1) is 5.69 Å². The lowest BCUT2D eigenvalue weighted by atomic mass is 10.1. The van der Waals surface area contributed by atoms with E-state index in [2.05, 4.69) is 10.2 Å². The number of aromatic hydroxyl groups is 1. The molecule has 0 aliphatic rings. The zero-order valence-electron chi connectivity index (χ0n) is 15.1. The van der Waals surface area contributed by atoms with Gasteiger partial charge >= 0.3 is 0 Å². The topological polar surface area (TPSA) is 99.3 Å². The van der Waals surface area contributed by atoms with E-state index in [4.69, 9.17) is 0 Å². The van der Waals surface area contributed by atoms with Gasteiger partial charge in [0.25, 0.3) is 10.1 Å². The van der Waals surface area contributed by atoms with Crippen LogP contribution in [0.5, 0.6) is 5.75 Å². The number of benzene rings is 4. The highest BCUT2D eigenvalue weighted by Gasteiger charge is 2.13. The normalized spacial score (nSPS) is 11.9. The van der Waals surface area contributed by atoms with Crippen molar-refractivity contribution >= 4 is 32.3 Å². The third-order valence-corrected chi connectivity index (χ3v) is 5.37. The minimum absolute atomic E-state index is 0.00267. The van der Waals surface area contributed by atoms with E-state index in [0.717, 1.165) is 11.1 Å². The Balaban J connectivity index is 1.70. The van der Waals surface area contributed by atoms with Crippen LogP contribution < -0.4 is 0 Å². The first kappa shape index (κ1) is 18.8. The van der Waals surface area contributed by atoms with E-state index in [9.17, 15) is 18.1 Å². The number of azo groups is 1. The van der Waals surface area contributed by atoms with Gasteiger partial charge in [0.2, 0.25) is 0 Å². The van der Waals surface area contributed by atoms with Crippen LogP contribution in [0.25, 0.3) is 21.9 Å². The summed E-state index contributed by atoms with van der Waals surface area (Å²) in [6, 6.07) is 24.2. The second-order valence-electron chi connectivity index (χ2n) is 6.41. The first-order valence-corrected chi connectivity index (χ1v) is 10.2. The third-order valence-electron chi connectivity index (χ3n) is 4.46. The molecule has 6 nitrogen and oxygen atoms in total. The molecule has 0 heterocycles. The van der Waals surface area contributed by atoms with Gasteiger partial charge in [-0.25, -0.2) is 0 Å². The predicted molar refractivity (Wildman–Crippen MR) is 111 cm³/mol. The van der Waals surface area contributed by atoms with E-state index in [1.165, 1.54) is 6.07 Å². The first-order valence-electron chi connectivity index (χ1n) is 8.72. The number of nitrogens with zero attached hydrogens (tertiary/aromatic N) is 2. The molecule has 0 radical (unpaired) electrons. The number of fused-ring (bicyclic) bond motifs is 1. The van der Waals surface area contributed by atoms with Crippen LogP contribution in [-0.2, 0) is 10.1 Å². The van der Waals surface area contributed by atoms with Crippen molar-refractivity contribution in [3.8, 4) is 16.9 Å². The summed E-state index contributed by atoms with van der Waals surface area (Å²) in [4.78, 5) is -0.160. The van der Waals surface area contributed by atoms with Crippen LogP contribution in [0.1, 0.15) is 0 Å². The zero-order chi connectivity index (χ0) is 20.4. The maximum absolute atomic E-state index is 11.5. The average Bonchev–Trinajstić information content (AvgIpc) is 2.72. The largest absolute Gasteiger partial charge is 0.506 e. The number of phenols is 1. The molecule has 29 heavy (non-hydrogen) atoms. The molecule has 0 unspecified atom stereocenters. The van der Waals surface area contributed by atoms with Crippen LogP contribution in [0.2, 0.25) is 0 Å². The van der Waals surface area contributed by atoms with Crippen LogP contribution in [0.4, 0.5) is 11.4 Å². The SMILES string of the molecule is O=S(=O)(O)c1cccc2cc(N=Nc3cc(-c4ccccc4)ccc3O)ccc12. The van der Waals surface area contributed by atoms with E-state index in [-0.39, 0.29) is 10.6 Å². The summed E-state index contributed by atoms with van der Waals surface area (Å²) in [5.74, 6) is 0.00267. The molecule has 4 rings (SSSR count). The summed E-state index contributed by atoms with van der Waals surface area (Å²) in [6.07, 6.45) is 0. The molecule has 2 N–H and O–H groups in total. The molecule has 0 bridgehead atoms. The fourth-order valence-electron chi connectivity index (χ4n) is 3.05. The van der Waals surface area contributed by atoms with Gasteiger partial charge in [-0.05, 0) is 46.8 Å². The maximum atomic E-state index is 11.5. The predicted octanol–water partition coefficient (Wildman–Crippen LogP) is 5.87. The molecule has 0 aliphatic heterocycles. The van der Waals surface area contributed by atoms with Crippen molar-refractivity contribution in [2.75, 3.05) is 0 Å². The standard InChI is InChI=1S/C22H16N2O4S/c25-21-12-9-16(15-5-2-1-3-6-15)14-20(21)24-23-18-10-11-19-17(13-18)7-4-8-22(19)29(26,27)28/h1-14,25H,(H,26,27,28). The van der Waals surface area contributed by atoms with Crippen LogP contribution in [0, 0.1) is 0 Å². The lowest BCUT2D eigenvalue weighted by molar-refractivity contribution is 0.476. The highest BCUT2D eigenvalue weighted by Crippen LogP contribution is 2.34. The Morgan fingerprint density at radius 2 is 1.52 bits per heavy atom. The van der Waals surface area contributed by atoms with Crippen molar-refractivity contribution in [2.45, 2.75) is 4.90 Å². The van der Waals surface area contributed by atoms with Crippen LogP contribution in [0.15, 0.2) is 100 Å². The number of hydrogen-bond donors (Lipinski definition) is 2. The van der Waals surface area contributed by atoms with Crippen LogP contribution in [0.3, 0.4) is 0 Å². The van der Waals surface area contributed by atoms with Crippen LogP contribution >= 0.6 is 0 Å². The quantitative estimate of drug-likeness (QED) is 0.328. The lowest BCUT2D eigenvalue weighted by Gasteiger charge is -2.05. The molecule has 4 aromatic rings. The van der Waals surface area contributed by atoms with Gasteiger partial charge in [-0.15, -0.1) is 5.11 Å². The molecule has 0 spiro atoms. The molecule has 0 amide bonds. The Morgan fingerprint density at radius 1 is 0.724 bits per heavy atom. The summed E-state index contributed by atoms with van der Waals surface area (Å²) >= 11 is 0. The summed E-state index contributed by atoms with van der Waals surface area (Å²) < 4.78 is 32.4. The van der Waals surface area contributed by atoms with E-state index < -0.39 is 10.1 Å². The molecule has 4 aromatic carbocycles. The fraction of sp³-hybridized carbons (Fsp3) is 0. The van der Waals surface area contributed by atoms with Crippen LogP contribution in [-0.4, -0.2) is 18.1 Å². The van der Waals surface area contributed by atoms with Crippen molar-refractivity contribution in [2.24, 2.45) is 10.2 Å². The Morgan fingerprint density at radius 3 is 2.28 bits per heavy atom. The molecule has 0 atom stereocenters. The molecule has 0 aliphatic carbocycles. The van der Waals surface area contributed by atoms with E-state index in [1.807, 2.05) is 30.3 Å². The summed E-state index contributed by atoms with van der Waals surface area (Å²) in [5.41, 5.74) is 2.69. The fourth-order valence-corrected chi connectivity index (χ4v) is 3.77. The lowest BCUT2D eigenvalue weighted by Crippen LogP contribution is -1.98. The third kappa shape index (κ3) is 4.01. The van der Waals surface area contributed by atoms with E-state index in [1.54, 1.807) is 48.5 Å². The first-order chi connectivity index (χ1) is 13.9. The monoisotopic (exact) mass is 404 g/mol. The molecule has 0 saturated carbocycles. The van der Waals surface area contributed by atoms with Crippen molar-refractivity contribution in [3.05, 3.63) is 84.9 Å². The van der Waals surface area contributed by atoms with Gasteiger partial charge in [-0.1, -0.05) is 54.6 Å². The zero-order valence-corrected chi connectivity index (χ0v) is 15.9. The molecule has 0 fully saturated rings. The molecule has 144 valence electrons. The molecular formula is C22H16N2O4S. The maximum Gasteiger partial charge on any atom is 0.295 e. The van der Waals surface area contributed by atoms with Gasteiger partial charge in [-0.2, -0.15) is 13.5 Å². The van der Waals surface area contributed by atoms with Crippen molar-refractivity contribution in [1.29, 1.82) is 0 Å². The van der Waals surface area contributed by atoms with Gasteiger partial charge in [-0.3, -0.25) is 4.55 Å². The van der Waals surface area contributed by atoms with Gasteiger partial charge in [0, 0.05) is 5.39 Å². The Bertz CT molecular complexity index is 1330. The minimum Gasteiger partial charge on any atom is -0.506 e. The highest BCUT2D eigenvalue weighted by atomic mass is 32.2. The minimum atomic E-state index is -4.32. The van der Waals surface area contributed by atoms with Gasteiger partial charge in [0.1, 0.15) is 16.3 Å². The Kier molecular flexibility index (Phi) is 4.84. The molecule has 7 heteroatoms. The average molecular weight is 404 g/mol. The second-order valence-corrected chi connectivity index (χ2v) is 7.80. The number of rotatable bonds is 4. The summed E-state index contributed by atoms with van der Waals surface area (Å²) in [7, 11) is -4.32.